The van der Waals surface area contributed by atoms with Gasteiger partial charge in [0.1, 0.15) is 11.6 Å². The van der Waals surface area contributed by atoms with Crippen LogP contribution >= 0.6 is 23.4 Å². The maximum Gasteiger partial charge on any atom is 0.220 e. The number of carbonyl (C=O) groups excluding carboxylic acids is 1. The molecule has 2 aromatic rings. The summed E-state index contributed by atoms with van der Waals surface area (Å²) in [6, 6.07) is 12.0. The van der Waals surface area contributed by atoms with E-state index in [-0.39, 0.29) is 11.7 Å². The first kappa shape index (κ1) is 19.6. The van der Waals surface area contributed by atoms with Crippen molar-refractivity contribution in [3.63, 3.8) is 0 Å². The molecule has 0 spiro atoms. The number of aryl methyl sites for hydroxylation is 1. The van der Waals surface area contributed by atoms with Crippen LogP contribution in [0.15, 0.2) is 47.4 Å². The molecular formula is C19H21ClFNO2S. The Morgan fingerprint density at radius 1 is 1.24 bits per heavy atom. The molecule has 2 rings (SSSR count). The lowest BCUT2D eigenvalue weighted by Crippen LogP contribution is -2.24. The van der Waals surface area contributed by atoms with E-state index in [2.05, 4.69) is 5.32 Å². The van der Waals surface area contributed by atoms with Crippen LogP contribution in [-0.2, 0) is 11.2 Å². The molecule has 3 nitrogen and oxygen atoms in total. The highest BCUT2D eigenvalue weighted by Gasteiger charge is 2.05. The zero-order chi connectivity index (χ0) is 18.1. The zero-order valence-electron chi connectivity index (χ0n) is 14.1. The van der Waals surface area contributed by atoms with E-state index in [4.69, 9.17) is 16.3 Å². The maximum absolute atomic E-state index is 12.8. The molecule has 0 aromatic heterocycles. The van der Waals surface area contributed by atoms with Crippen molar-refractivity contribution < 1.29 is 13.9 Å². The van der Waals surface area contributed by atoms with Gasteiger partial charge in [0.25, 0.3) is 0 Å². The lowest BCUT2D eigenvalue weighted by molar-refractivity contribution is -0.121. The average molecular weight is 382 g/mol. The summed E-state index contributed by atoms with van der Waals surface area (Å²) >= 11 is 7.73. The van der Waals surface area contributed by atoms with Crippen LogP contribution < -0.4 is 10.1 Å². The number of thioether (sulfide) groups is 1. The molecule has 0 aliphatic rings. The third-order valence-corrected chi connectivity index (χ3v) is 4.98. The summed E-state index contributed by atoms with van der Waals surface area (Å²) in [5, 5.41) is 3.47. The molecule has 2 aromatic carbocycles. The normalized spacial score (nSPS) is 10.5. The van der Waals surface area contributed by atoms with Crippen LogP contribution in [0.5, 0.6) is 5.75 Å². The van der Waals surface area contributed by atoms with Crippen LogP contribution in [0.4, 0.5) is 4.39 Å². The highest BCUT2D eigenvalue weighted by molar-refractivity contribution is 7.99. The van der Waals surface area contributed by atoms with Gasteiger partial charge in [-0.3, -0.25) is 4.79 Å². The van der Waals surface area contributed by atoms with Crippen LogP contribution in [-0.4, -0.2) is 25.3 Å². The van der Waals surface area contributed by atoms with Gasteiger partial charge in [0.05, 0.1) is 12.1 Å². The van der Waals surface area contributed by atoms with Gasteiger partial charge in [0.2, 0.25) is 5.91 Å². The Morgan fingerprint density at radius 3 is 2.68 bits per heavy atom. The SMILES string of the molecule is COc1ccc(CCC(=O)NCCCSc2ccc(F)cc2)cc1Cl. The molecule has 1 N–H and O–H groups in total. The summed E-state index contributed by atoms with van der Waals surface area (Å²) in [5.41, 5.74) is 1.01. The Hall–Kier alpha value is -1.72. The van der Waals surface area contributed by atoms with Gasteiger partial charge in [-0.15, -0.1) is 11.8 Å². The summed E-state index contributed by atoms with van der Waals surface area (Å²) in [4.78, 5) is 12.9. The standard InChI is InChI=1S/C19H21ClFNO2S/c1-24-18-9-3-14(13-17(18)20)4-10-19(23)22-11-2-12-25-16-7-5-15(21)6-8-16/h3,5-9,13H,2,4,10-12H2,1H3,(H,22,23). The minimum absolute atomic E-state index is 0.0266. The molecule has 1 amide bonds. The number of benzene rings is 2. The van der Waals surface area contributed by atoms with E-state index in [1.807, 2.05) is 18.2 Å². The lowest BCUT2D eigenvalue weighted by Gasteiger charge is -2.07. The van der Waals surface area contributed by atoms with Crippen LogP contribution in [0.3, 0.4) is 0 Å². The number of amides is 1. The van der Waals surface area contributed by atoms with Crippen molar-refractivity contribution in [2.75, 3.05) is 19.4 Å². The molecule has 0 saturated heterocycles. The van der Waals surface area contributed by atoms with Crippen molar-refractivity contribution in [1.82, 2.24) is 5.32 Å². The number of ether oxygens (including phenoxy) is 1. The predicted octanol–water partition coefficient (Wildman–Crippen LogP) is 4.72. The topological polar surface area (TPSA) is 38.3 Å². The van der Waals surface area contributed by atoms with Crippen molar-refractivity contribution in [3.05, 3.63) is 58.9 Å². The van der Waals surface area contributed by atoms with E-state index in [0.29, 0.717) is 30.2 Å². The molecular weight excluding hydrogens is 361 g/mol. The number of nitrogens with one attached hydrogen (secondary N) is 1. The quantitative estimate of drug-likeness (QED) is 0.504. The van der Waals surface area contributed by atoms with Gasteiger partial charge in [-0.2, -0.15) is 0 Å². The third-order valence-electron chi connectivity index (χ3n) is 3.58. The Balaban J connectivity index is 1.60. The van der Waals surface area contributed by atoms with Crippen molar-refractivity contribution in [3.8, 4) is 5.75 Å². The lowest BCUT2D eigenvalue weighted by atomic mass is 10.1. The molecule has 134 valence electrons. The van der Waals surface area contributed by atoms with Crippen LogP contribution in [0.2, 0.25) is 5.02 Å². The van der Waals surface area contributed by atoms with Gasteiger partial charge >= 0.3 is 0 Å². The Morgan fingerprint density at radius 2 is 2.00 bits per heavy atom. The van der Waals surface area contributed by atoms with Crippen molar-refractivity contribution in [2.24, 2.45) is 0 Å². The maximum atomic E-state index is 12.8. The first-order valence-electron chi connectivity index (χ1n) is 8.06. The number of halogens is 2. The van der Waals surface area contributed by atoms with E-state index in [9.17, 15) is 9.18 Å². The summed E-state index contributed by atoms with van der Waals surface area (Å²) in [7, 11) is 1.57. The molecule has 0 aliphatic carbocycles. The number of carbonyl (C=O) groups is 1. The molecule has 0 unspecified atom stereocenters. The van der Waals surface area contributed by atoms with E-state index < -0.39 is 0 Å². The monoisotopic (exact) mass is 381 g/mol. The summed E-state index contributed by atoms with van der Waals surface area (Å²) < 4.78 is 17.9. The summed E-state index contributed by atoms with van der Waals surface area (Å²) in [6.45, 7) is 0.635. The zero-order valence-corrected chi connectivity index (χ0v) is 15.6. The Kier molecular flexibility index (Phi) is 8.09. The number of methoxy groups -OCH3 is 1. The van der Waals surface area contributed by atoms with E-state index in [1.54, 1.807) is 31.0 Å². The number of hydrogen-bond acceptors (Lipinski definition) is 3. The largest absolute Gasteiger partial charge is 0.495 e. The van der Waals surface area contributed by atoms with Crippen molar-refractivity contribution in [2.45, 2.75) is 24.2 Å². The molecule has 0 saturated carbocycles. The molecule has 0 radical (unpaired) electrons. The van der Waals surface area contributed by atoms with Gasteiger partial charge in [-0.1, -0.05) is 17.7 Å². The fourth-order valence-corrected chi connectivity index (χ4v) is 3.37. The van der Waals surface area contributed by atoms with E-state index in [0.717, 1.165) is 22.6 Å². The molecule has 0 bridgehead atoms. The fourth-order valence-electron chi connectivity index (χ4n) is 2.23. The molecule has 0 atom stereocenters. The predicted molar refractivity (Wildman–Crippen MR) is 101 cm³/mol. The third kappa shape index (κ3) is 6.96. The van der Waals surface area contributed by atoms with Crippen LogP contribution in [0.1, 0.15) is 18.4 Å². The Labute approximate surface area is 156 Å². The first-order valence-corrected chi connectivity index (χ1v) is 9.42. The number of hydrogen-bond donors (Lipinski definition) is 1. The molecule has 0 heterocycles. The van der Waals surface area contributed by atoms with Gasteiger partial charge in [0.15, 0.2) is 0 Å². The highest BCUT2D eigenvalue weighted by Crippen LogP contribution is 2.25. The summed E-state index contributed by atoms with van der Waals surface area (Å²) in [5.74, 6) is 1.31. The van der Waals surface area contributed by atoms with Gasteiger partial charge < -0.3 is 10.1 Å². The minimum Gasteiger partial charge on any atom is -0.495 e. The smallest absolute Gasteiger partial charge is 0.220 e. The second-order valence-electron chi connectivity index (χ2n) is 5.47. The molecule has 6 heteroatoms. The minimum atomic E-state index is -0.227. The average Bonchev–Trinajstić information content (AvgIpc) is 2.61. The second kappa shape index (κ2) is 10.3. The second-order valence-corrected chi connectivity index (χ2v) is 7.05. The van der Waals surface area contributed by atoms with E-state index >= 15 is 0 Å². The van der Waals surface area contributed by atoms with Crippen molar-refractivity contribution >= 4 is 29.3 Å². The van der Waals surface area contributed by atoms with Crippen LogP contribution in [0.25, 0.3) is 0 Å². The van der Waals surface area contributed by atoms with Crippen LogP contribution in [0, 0.1) is 5.82 Å². The first-order chi connectivity index (χ1) is 12.1. The van der Waals surface area contributed by atoms with Gasteiger partial charge in [-0.05, 0) is 60.6 Å². The van der Waals surface area contributed by atoms with Gasteiger partial charge in [-0.25, -0.2) is 4.39 Å². The van der Waals surface area contributed by atoms with Crippen molar-refractivity contribution in [1.29, 1.82) is 0 Å². The summed E-state index contributed by atoms with van der Waals surface area (Å²) in [6.07, 6.45) is 1.93. The fraction of sp³-hybridized carbons (Fsp3) is 0.316. The molecule has 0 fully saturated rings. The van der Waals surface area contributed by atoms with Gasteiger partial charge in [0, 0.05) is 17.9 Å². The highest BCUT2D eigenvalue weighted by atomic mass is 35.5. The Bertz CT molecular complexity index is 694. The molecule has 0 aliphatic heterocycles. The number of rotatable bonds is 9. The molecule has 25 heavy (non-hydrogen) atoms. The van der Waals surface area contributed by atoms with E-state index in [1.165, 1.54) is 12.1 Å².